The van der Waals surface area contributed by atoms with E-state index in [-0.39, 0.29) is 11.9 Å². The molecule has 1 N–H and O–H groups in total. The van der Waals surface area contributed by atoms with Crippen molar-refractivity contribution in [1.29, 1.82) is 0 Å². The van der Waals surface area contributed by atoms with Crippen molar-refractivity contribution in [3.63, 3.8) is 0 Å². The van der Waals surface area contributed by atoms with E-state index < -0.39 is 0 Å². The molecular weight excluding hydrogens is 254 g/mol. The minimum absolute atomic E-state index is 0.0696. The van der Waals surface area contributed by atoms with Gasteiger partial charge in [0, 0.05) is 23.8 Å². The molecule has 0 aromatic heterocycles. The van der Waals surface area contributed by atoms with Crippen molar-refractivity contribution in [2.24, 2.45) is 0 Å². The summed E-state index contributed by atoms with van der Waals surface area (Å²) in [5, 5.41) is 2.88. The van der Waals surface area contributed by atoms with Gasteiger partial charge in [-0.25, -0.2) is 0 Å². The molecule has 4 nitrogen and oxygen atoms in total. The molecule has 0 fully saturated rings. The smallest absolute Gasteiger partial charge is 0.251 e. The molecule has 0 spiro atoms. The van der Waals surface area contributed by atoms with Gasteiger partial charge in [0.1, 0.15) is 5.75 Å². The number of nitrogens with one attached hydrogen (secondary N) is 1. The summed E-state index contributed by atoms with van der Waals surface area (Å²) < 4.78 is 11.1. The summed E-state index contributed by atoms with van der Waals surface area (Å²) in [6.07, 6.45) is 0.970. The molecule has 0 unspecified atom stereocenters. The minimum Gasteiger partial charge on any atom is -0.494 e. The van der Waals surface area contributed by atoms with Gasteiger partial charge in [0.15, 0.2) is 0 Å². The molecule has 0 radical (unpaired) electrons. The third kappa shape index (κ3) is 5.21. The van der Waals surface area contributed by atoms with Crippen molar-refractivity contribution in [1.82, 2.24) is 5.32 Å². The lowest BCUT2D eigenvalue weighted by atomic mass is 10.1. The van der Waals surface area contributed by atoms with E-state index in [9.17, 15) is 4.79 Å². The Morgan fingerprint density at radius 2 is 2.05 bits per heavy atom. The van der Waals surface area contributed by atoms with E-state index in [1.807, 2.05) is 32.9 Å². The SMILES string of the molecule is CCCOCc1cc(C(=O)NC(C)C)ccc1OCC. The Morgan fingerprint density at radius 1 is 1.30 bits per heavy atom. The Kier molecular flexibility index (Phi) is 7.09. The molecular formula is C16H25NO3. The summed E-state index contributed by atoms with van der Waals surface area (Å²) in [7, 11) is 0. The lowest BCUT2D eigenvalue weighted by molar-refractivity contribution is 0.0942. The van der Waals surface area contributed by atoms with Gasteiger partial charge < -0.3 is 14.8 Å². The highest BCUT2D eigenvalue weighted by atomic mass is 16.5. The Labute approximate surface area is 121 Å². The molecule has 1 aromatic carbocycles. The van der Waals surface area contributed by atoms with Gasteiger partial charge in [0.05, 0.1) is 13.2 Å². The molecule has 0 aliphatic heterocycles. The van der Waals surface area contributed by atoms with E-state index in [2.05, 4.69) is 12.2 Å². The van der Waals surface area contributed by atoms with E-state index in [1.54, 1.807) is 6.07 Å². The Balaban J connectivity index is 2.88. The Bertz CT molecular complexity index is 430. The zero-order valence-electron chi connectivity index (χ0n) is 12.9. The maximum atomic E-state index is 12.0. The summed E-state index contributed by atoms with van der Waals surface area (Å²) in [5.74, 6) is 0.712. The standard InChI is InChI=1S/C16H25NO3/c1-5-9-19-11-14-10-13(16(18)17-12(3)4)7-8-15(14)20-6-2/h7-8,10,12H,5-6,9,11H2,1-4H3,(H,17,18). The van der Waals surface area contributed by atoms with Crippen LogP contribution in [0.3, 0.4) is 0 Å². The minimum atomic E-state index is -0.0696. The molecule has 0 bridgehead atoms. The van der Waals surface area contributed by atoms with Crippen LogP contribution in [0, 0.1) is 0 Å². The van der Waals surface area contributed by atoms with Crippen molar-refractivity contribution in [2.75, 3.05) is 13.2 Å². The highest BCUT2D eigenvalue weighted by Crippen LogP contribution is 2.21. The van der Waals surface area contributed by atoms with Gasteiger partial charge in [-0.3, -0.25) is 4.79 Å². The number of carbonyl (C=O) groups excluding carboxylic acids is 1. The number of hydrogen-bond donors (Lipinski definition) is 1. The highest BCUT2D eigenvalue weighted by Gasteiger charge is 2.11. The lowest BCUT2D eigenvalue weighted by Crippen LogP contribution is -2.30. The number of ether oxygens (including phenoxy) is 2. The van der Waals surface area contributed by atoms with E-state index in [0.717, 1.165) is 17.7 Å². The van der Waals surface area contributed by atoms with E-state index in [1.165, 1.54) is 0 Å². The van der Waals surface area contributed by atoms with Crippen molar-refractivity contribution in [3.8, 4) is 5.75 Å². The van der Waals surface area contributed by atoms with Crippen LogP contribution < -0.4 is 10.1 Å². The second kappa shape index (κ2) is 8.59. The normalized spacial score (nSPS) is 10.7. The molecule has 0 saturated carbocycles. The summed E-state index contributed by atoms with van der Waals surface area (Å²) in [4.78, 5) is 12.0. The maximum Gasteiger partial charge on any atom is 0.251 e. The molecule has 1 aromatic rings. The first-order valence-corrected chi connectivity index (χ1v) is 7.22. The van der Waals surface area contributed by atoms with Crippen LogP contribution in [0.25, 0.3) is 0 Å². The predicted molar refractivity (Wildman–Crippen MR) is 80.2 cm³/mol. The number of rotatable bonds is 8. The Morgan fingerprint density at radius 3 is 2.65 bits per heavy atom. The zero-order chi connectivity index (χ0) is 15.0. The average Bonchev–Trinajstić information content (AvgIpc) is 2.40. The zero-order valence-corrected chi connectivity index (χ0v) is 12.9. The number of amides is 1. The van der Waals surface area contributed by atoms with E-state index >= 15 is 0 Å². The fourth-order valence-corrected chi connectivity index (χ4v) is 1.80. The molecule has 0 atom stereocenters. The third-order valence-electron chi connectivity index (χ3n) is 2.65. The van der Waals surface area contributed by atoms with Crippen molar-refractivity contribution >= 4 is 5.91 Å². The van der Waals surface area contributed by atoms with Crippen LogP contribution in [-0.4, -0.2) is 25.2 Å². The van der Waals surface area contributed by atoms with Crippen LogP contribution in [0.1, 0.15) is 50.0 Å². The topological polar surface area (TPSA) is 47.6 Å². The van der Waals surface area contributed by atoms with Gasteiger partial charge in [-0.2, -0.15) is 0 Å². The third-order valence-corrected chi connectivity index (χ3v) is 2.65. The molecule has 4 heteroatoms. The van der Waals surface area contributed by atoms with Gasteiger partial charge in [-0.05, 0) is 45.4 Å². The molecule has 0 saturated heterocycles. The monoisotopic (exact) mass is 279 g/mol. The van der Waals surface area contributed by atoms with E-state index in [0.29, 0.717) is 25.4 Å². The second-order valence-electron chi connectivity index (χ2n) is 4.94. The quantitative estimate of drug-likeness (QED) is 0.744. The van der Waals surface area contributed by atoms with Crippen LogP contribution in [-0.2, 0) is 11.3 Å². The number of hydrogen-bond acceptors (Lipinski definition) is 3. The fraction of sp³-hybridized carbons (Fsp3) is 0.562. The van der Waals surface area contributed by atoms with Crippen LogP contribution in [0.2, 0.25) is 0 Å². The largest absolute Gasteiger partial charge is 0.494 e. The van der Waals surface area contributed by atoms with E-state index in [4.69, 9.17) is 9.47 Å². The van der Waals surface area contributed by atoms with Gasteiger partial charge in [0.2, 0.25) is 0 Å². The first kappa shape index (κ1) is 16.5. The van der Waals surface area contributed by atoms with Crippen molar-refractivity contribution in [2.45, 2.75) is 46.8 Å². The number of benzene rings is 1. The molecule has 1 rings (SSSR count). The van der Waals surface area contributed by atoms with Crippen molar-refractivity contribution < 1.29 is 14.3 Å². The predicted octanol–water partition coefficient (Wildman–Crippen LogP) is 3.15. The van der Waals surface area contributed by atoms with Crippen LogP contribution in [0.5, 0.6) is 5.75 Å². The summed E-state index contributed by atoms with van der Waals surface area (Å²) in [5.41, 5.74) is 1.55. The van der Waals surface area contributed by atoms with Crippen LogP contribution in [0.15, 0.2) is 18.2 Å². The molecule has 0 aliphatic rings. The second-order valence-corrected chi connectivity index (χ2v) is 4.94. The maximum absolute atomic E-state index is 12.0. The fourth-order valence-electron chi connectivity index (χ4n) is 1.80. The number of carbonyl (C=O) groups is 1. The van der Waals surface area contributed by atoms with Crippen LogP contribution >= 0.6 is 0 Å². The van der Waals surface area contributed by atoms with Crippen LogP contribution in [0.4, 0.5) is 0 Å². The van der Waals surface area contributed by atoms with Gasteiger partial charge in [-0.15, -0.1) is 0 Å². The van der Waals surface area contributed by atoms with Gasteiger partial charge in [-0.1, -0.05) is 6.92 Å². The lowest BCUT2D eigenvalue weighted by Gasteiger charge is -2.13. The first-order chi connectivity index (χ1) is 9.58. The summed E-state index contributed by atoms with van der Waals surface area (Å²) in [6, 6.07) is 5.59. The highest BCUT2D eigenvalue weighted by molar-refractivity contribution is 5.94. The van der Waals surface area contributed by atoms with Gasteiger partial charge >= 0.3 is 0 Å². The van der Waals surface area contributed by atoms with Gasteiger partial charge in [0.25, 0.3) is 5.91 Å². The molecule has 1 amide bonds. The summed E-state index contributed by atoms with van der Waals surface area (Å²) >= 11 is 0. The molecule has 0 aliphatic carbocycles. The summed E-state index contributed by atoms with van der Waals surface area (Å²) in [6.45, 7) is 9.65. The van der Waals surface area contributed by atoms with Crippen molar-refractivity contribution in [3.05, 3.63) is 29.3 Å². The molecule has 0 heterocycles. The Hall–Kier alpha value is -1.55. The molecule has 20 heavy (non-hydrogen) atoms. The first-order valence-electron chi connectivity index (χ1n) is 7.22. The molecule has 112 valence electrons. The average molecular weight is 279 g/mol.